The number of benzene rings is 1. The monoisotopic (exact) mass is 401 g/mol. The van der Waals surface area contributed by atoms with E-state index < -0.39 is 9.84 Å². The summed E-state index contributed by atoms with van der Waals surface area (Å²) in [5.74, 6) is 0.543. The molecule has 1 aliphatic rings. The van der Waals surface area contributed by atoms with Crippen LogP contribution in [-0.2, 0) is 9.84 Å². The zero-order chi connectivity index (χ0) is 19.7. The number of imidazole rings is 1. The van der Waals surface area contributed by atoms with Crippen LogP contribution >= 0.6 is 0 Å². The van der Waals surface area contributed by atoms with E-state index in [2.05, 4.69) is 10.1 Å². The van der Waals surface area contributed by atoms with E-state index in [4.69, 9.17) is 4.74 Å². The first-order valence-corrected chi connectivity index (χ1v) is 11.1. The molecule has 28 heavy (non-hydrogen) atoms. The van der Waals surface area contributed by atoms with Crippen LogP contribution in [0.5, 0.6) is 5.88 Å². The standard InChI is InChI=1S/C20H23N3O4S/c1-2-28(25,26)17-5-3-4-14(12-17)18-13-21-19-10-11-20(22-23(18)19)27-16-8-6-15(24)7-9-16/h3-5,10-13,15-16,24H,2,6-9H2,1H3. The summed E-state index contributed by atoms with van der Waals surface area (Å²) in [5, 5.41) is 14.2. The maximum absolute atomic E-state index is 12.2. The Morgan fingerprint density at radius 3 is 2.71 bits per heavy atom. The third-order valence-corrected chi connectivity index (χ3v) is 6.87. The molecule has 0 atom stereocenters. The maximum atomic E-state index is 12.2. The van der Waals surface area contributed by atoms with Crippen molar-refractivity contribution in [1.29, 1.82) is 0 Å². The second-order valence-corrected chi connectivity index (χ2v) is 9.34. The van der Waals surface area contributed by atoms with Gasteiger partial charge in [0.15, 0.2) is 15.5 Å². The van der Waals surface area contributed by atoms with Crippen molar-refractivity contribution >= 4 is 15.5 Å². The highest BCUT2D eigenvalue weighted by molar-refractivity contribution is 7.91. The van der Waals surface area contributed by atoms with Crippen LogP contribution in [0.1, 0.15) is 32.6 Å². The fourth-order valence-corrected chi connectivity index (χ4v) is 4.39. The van der Waals surface area contributed by atoms with E-state index >= 15 is 0 Å². The summed E-state index contributed by atoms with van der Waals surface area (Å²) in [7, 11) is -3.29. The average molecular weight is 401 g/mol. The first-order chi connectivity index (χ1) is 13.5. The fraction of sp³-hybridized carbons (Fsp3) is 0.400. The van der Waals surface area contributed by atoms with Gasteiger partial charge in [-0.05, 0) is 43.9 Å². The Balaban J connectivity index is 1.66. The van der Waals surface area contributed by atoms with Crippen LogP contribution in [0, 0.1) is 0 Å². The number of fused-ring (bicyclic) bond motifs is 1. The van der Waals surface area contributed by atoms with Gasteiger partial charge in [0, 0.05) is 11.6 Å². The molecule has 1 aromatic carbocycles. The highest BCUT2D eigenvalue weighted by atomic mass is 32.2. The van der Waals surface area contributed by atoms with E-state index in [1.807, 2.05) is 12.1 Å². The smallest absolute Gasteiger partial charge is 0.232 e. The molecule has 8 heteroatoms. The normalized spacial score (nSPS) is 20.4. The zero-order valence-corrected chi connectivity index (χ0v) is 16.5. The lowest BCUT2D eigenvalue weighted by Gasteiger charge is -2.25. The summed E-state index contributed by atoms with van der Waals surface area (Å²) < 4.78 is 32.1. The second-order valence-electron chi connectivity index (χ2n) is 7.06. The molecule has 0 amide bonds. The minimum Gasteiger partial charge on any atom is -0.473 e. The number of aromatic nitrogens is 3. The number of hydrogen-bond donors (Lipinski definition) is 1. The minimum atomic E-state index is -3.29. The van der Waals surface area contributed by atoms with Crippen molar-refractivity contribution in [1.82, 2.24) is 14.6 Å². The van der Waals surface area contributed by atoms with Crippen molar-refractivity contribution < 1.29 is 18.3 Å². The lowest BCUT2D eigenvalue weighted by atomic mass is 9.95. The van der Waals surface area contributed by atoms with Crippen LogP contribution in [0.4, 0.5) is 0 Å². The number of sulfone groups is 1. The van der Waals surface area contributed by atoms with Crippen molar-refractivity contribution in [3.8, 4) is 17.1 Å². The van der Waals surface area contributed by atoms with E-state index in [1.54, 1.807) is 41.9 Å². The summed E-state index contributed by atoms with van der Waals surface area (Å²) in [6.45, 7) is 1.63. The van der Waals surface area contributed by atoms with Gasteiger partial charge in [0.05, 0.1) is 28.6 Å². The van der Waals surface area contributed by atoms with E-state index in [9.17, 15) is 13.5 Å². The van der Waals surface area contributed by atoms with Gasteiger partial charge in [-0.25, -0.2) is 17.9 Å². The van der Waals surface area contributed by atoms with Crippen molar-refractivity contribution in [2.24, 2.45) is 0 Å². The number of rotatable bonds is 5. The van der Waals surface area contributed by atoms with Crippen LogP contribution < -0.4 is 4.74 Å². The molecule has 7 nitrogen and oxygen atoms in total. The lowest BCUT2D eigenvalue weighted by molar-refractivity contribution is 0.0637. The maximum Gasteiger partial charge on any atom is 0.232 e. The van der Waals surface area contributed by atoms with Crippen molar-refractivity contribution in [3.63, 3.8) is 0 Å². The Morgan fingerprint density at radius 1 is 1.18 bits per heavy atom. The molecule has 148 valence electrons. The molecule has 1 N–H and O–H groups in total. The van der Waals surface area contributed by atoms with Gasteiger partial charge in [-0.2, -0.15) is 0 Å². The highest BCUT2D eigenvalue weighted by Gasteiger charge is 2.21. The van der Waals surface area contributed by atoms with Crippen LogP contribution in [0.15, 0.2) is 47.5 Å². The molecule has 0 aliphatic heterocycles. The average Bonchev–Trinajstić information content (AvgIpc) is 3.13. The molecule has 0 saturated heterocycles. The summed E-state index contributed by atoms with van der Waals surface area (Å²) in [6, 6.07) is 10.4. The van der Waals surface area contributed by atoms with Crippen LogP contribution in [0.2, 0.25) is 0 Å². The number of aliphatic hydroxyl groups is 1. The number of ether oxygens (including phenoxy) is 1. The summed E-state index contributed by atoms with van der Waals surface area (Å²) >= 11 is 0. The Labute approximate surface area is 163 Å². The number of hydrogen-bond acceptors (Lipinski definition) is 6. The first kappa shape index (κ1) is 18.9. The molecule has 2 aromatic heterocycles. The lowest BCUT2D eigenvalue weighted by Crippen LogP contribution is -2.26. The third-order valence-electron chi connectivity index (χ3n) is 5.14. The van der Waals surface area contributed by atoms with Gasteiger partial charge in [0.2, 0.25) is 5.88 Å². The molecule has 0 bridgehead atoms. The zero-order valence-electron chi connectivity index (χ0n) is 15.7. The van der Waals surface area contributed by atoms with Crippen LogP contribution in [0.25, 0.3) is 16.9 Å². The molecule has 0 spiro atoms. The largest absolute Gasteiger partial charge is 0.473 e. The van der Waals surface area contributed by atoms with Gasteiger partial charge in [0.1, 0.15) is 6.10 Å². The predicted molar refractivity (Wildman–Crippen MR) is 105 cm³/mol. The molecular formula is C20H23N3O4S. The van der Waals surface area contributed by atoms with E-state index in [-0.39, 0.29) is 22.9 Å². The van der Waals surface area contributed by atoms with E-state index in [0.29, 0.717) is 17.2 Å². The van der Waals surface area contributed by atoms with E-state index in [0.717, 1.165) is 31.2 Å². The molecule has 2 heterocycles. The van der Waals surface area contributed by atoms with Gasteiger partial charge >= 0.3 is 0 Å². The molecule has 0 unspecified atom stereocenters. The fourth-order valence-electron chi connectivity index (χ4n) is 3.47. The number of nitrogens with zero attached hydrogens (tertiary/aromatic N) is 3. The molecule has 1 fully saturated rings. The van der Waals surface area contributed by atoms with Crippen molar-refractivity contribution in [2.75, 3.05) is 5.75 Å². The first-order valence-electron chi connectivity index (χ1n) is 9.49. The van der Waals surface area contributed by atoms with Gasteiger partial charge in [-0.1, -0.05) is 19.1 Å². The van der Waals surface area contributed by atoms with Crippen LogP contribution in [0.3, 0.4) is 0 Å². The van der Waals surface area contributed by atoms with E-state index in [1.165, 1.54) is 0 Å². The molecule has 3 aromatic rings. The second kappa shape index (κ2) is 7.52. The van der Waals surface area contributed by atoms with Crippen LogP contribution in [-0.4, -0.2) is 46.1 Å². The Hall–Kier alpha value is -2.45. The third kappa shape index (κ3) is 3.74. The van der Waals surface area contributed by atoms with Gasteiger partial charge in [0.25, 0.3) is 0 Å². The van der Waals surface area contributed by atoms with Crippen molar-refractivity contribution in [2.45, 2.75) is 49.7 Å². The Kier molecular flexibility index (Phi) is 5.07. The topological polar surface area (TPSA) is 93.8 Å². The summed E-state index contributed by atoms with van der Waals surface area (Å²) in [6.07, 6.45) is 4.56. The molecule has 0 radical (unpaired) electrons. The summed E-state index contributed by atoms with van der Waals surface area (Å²) in [5.41, 5.74) is 2.09. The highest BCUT2D eigenvalue weighted by Crippen LogP contribution is 2.26. The molecular weight excluding hydrogens is 378 g/mol. The molecule has 1 saturated carbocycles. The SMILES string of the molecule is CCS(=O)(=O)c1cccc(-c2cnc3ccc(OC4CCC(O)CC4)nn23)c1. The quantitative estimate of drug-likeness (QED) is 0.707. The Bertz CT molecular complexity index is 1090. The van der Waals surface area contributed by atoms with Crippen molar-refractivity contribution in [3.05, 3.63) is 42.6 Å². The van der Waals surface area contributed by atoms with Gasteiger partial charge < -0.3 is 9.84 Å². The number of aliphatic hydroxyl groups excluding tert-OH is 1. The van der Waals surface area contributed by atoms with Gasteiger partial charge in [-0.3, -0.25) is 0 Å². The minimum absolute atomic E-state index is 0.0401. The van der Waals surface area contributed by atoms with Gasteiger partial charge in [-0.15, -0.1) is 5.10 Å². The molecule has 1 aliphatic carbocycles. The summed E-state index contributed by atoms with van der Waals surface area (Å²) in [4.78, 5) is 4.65. The Morgan fingerprint density at radius 2 is 1.96 bits per heavy atom. The predicted octanol–water partition coefficient (Wildman–Crippen LogP) is 2.87. The molecule has 4 rings (SSSR count).